The molecule has 0 aliphatic carbocycles. The number of carbonyl (C=O) groups is 1. The molecule has 0 atom stereocenters. The van der Waals surface area contributed by atoms with Crippen molar-refractivity contribution in [1.82, 2.24) is 9.78 Å². The van der Waals surface area contributed by atoms with Crippen LogP contribution in [0.5, 0.6) is 0 Å². The highest BCUT2D eigenvalue weighted by Crippen LogP contribution is 2.10. The largest absolute Gasteiger partial charge is 0.321 e. The van der Waals surface area contributed by atoms with Crippen LogP contribution in [-0.4, -0.2) is 15.7 Å². The number of nitrogens with zero attached hydrogens (tertiary/aromatic N) is 3. The topological polar surface area (TPSA) is 87.8 Å². The van der Waals surface area contributed by atoms with Gasteiger partial charge in [0.1, 0.15) is 5.69 Å². The third-order valence-electron chi connectivity index (χ3n) is 2.69. The molecule has 0 fully saturated rings. The molecule has 0 bridgehead atoms. The van der Waals surface area contributed by atoms with Gasteiger partial charge in [-0.15, -0.1) is 0 Å². The van der Waals surface area contributed by atoms with Crippen molar-refractivity contribution < 1.29 is 4.79 Å². The minimum Gasteiger partial charge on any atom is -0.321 e. The summed E-state index contributed by atoms with van der Waals surface area (Å²) in [5, 5.41) is 15.1. The second-order valence-electron chi connectivity index (χ2n) is 4.17. The summed E-state index contributed by atoms with van der Waals surface area (Å²) < 4.78 is 1.10. The van der Waals surface area contributed by atoms with E-state index in [0.29, 0.717) is 12.1 Å². The molecule has 6 heteroatoms. The molecular formula is C14H12N4O2. The molecule has 20 heavy (non-hydrogen) atoms. The Balaban J connectivity index is 2.13. The van der Waals surface area contributed by atoms with Crippen LogP contribution in [-0.2, 0) is 13.5 Å². The monoisotopic (exact) mass is 268 g/mol. The summed E-state index contributed by atoms with van der Waals surface area (Å²) in [7, 11) is 1.48. The Morgan fingerprint density at radius 2 is 2.00 bits per heavy atom. The van der Waals surface area contributed by atoms with Crippen molar-refractivity contribution in [2.75, 3.05) is 5.32 Å². The van der Waals surface area contributed by atoms with Crippen molar-refractivity contribution in [2.45, 2.75) is 6.42 Å². The maximum absolute atomic E-state index is 11.9. The molecule has 2 aromatic rings. The summed E-state index contributed by atoms with van der Waals surface area (Å²) in [5.74, 6) is -0.395. The Bertz CT molecular complexity index is 726. The number of hydrogen-bond donors (Lipinski definition) is 1. The number of rotatable bonds is 3. The van der Waals surface area contributed by atoms with Gasteiger partial charge in [0.05, 0.1) is 12.5 Å². The van der Waals surface area contributed by atoms with Gasteiger partial charge >= 0.3 is 0 Å². The highest BCUT2D eigenvalue weighted by molar-refractivity contribution is 6.02. The summed E-state index contributed by atoms with van der Waals surface area (Å²) in [6.07, 6.45) is 0.330. The van der Waals surface area contributed by atoms with E-state index in [1.54, 1.807) is 24.3 Å². The first-order chi connectivity index (χ1) is 9.60. The number of hydrogen-bond acceptors (Lipinski definition) is 4. The van der Waals surface area contributed by atoms with Crippen LogP contribution in [0.4, 0.5) is 5.69 Å². The fraction of sp³-hybridized carbons (Fsp3) is 0.143. The minimum atomic E-state index is -0.395. The van der Waals surface area contributed by atoms with Crippen LogP contribution >= 0.6 is 0 Å². The van der Waals surface area contributed by atoms with E-state index in [4.69, 9.17) is 5.26 Å². The number of carbonyl (C=O) groups excluding carboxylic acids is 1. The summed E-state index contributed by atoms with van der Waals surface area (Å²) in [6, 6.07) is 11.7. The quantitative estimate of drug-likeness (QED) is 0.902. The van der Waals surface area contributed by atoms with Gasteiger partial charge in [0.25, 0.3) is 11.5 Å². The molecule has 1 N–H and O–H groups in total. The lowest BCUT2D eigenvalue weighted by Gasteiger charge is -2.05. The Morgan fingerprint density at radius 1 is 1.30 bits per heavy atom. The zero-order chi connectivity index (χ0) is 14.5. The number of anilines is 1. The minimum absolute atomic E-state index is 0.160. The molecule has 0 unspecified atom stereocenters. The summed E-state index contributed by atoms with van der Waals surface area (Å²) in [5.41, 5.74) is 1.37. The summed E-state index contributed by atoms with van der Waals surface area (Å²) in [6.45, 7) is 0. The second-order valence-corrected chi connectivity index (χ2v) is 4.17. The van der Waals surface area contributed by atoms with E-state index < -0.39 is 5.91 Å². The van der Waals surface area contributed by atoms with Crippen LogP contribution in [0.25, 0.3) is 0 Å². The molecule has 1 heterocycles. The molecule has 1 aromatic heterocycles. The highest BCUT2D eigenvalue weighted by atomic mass is 16.2. The van der Waals surface area contributed by atoms with E-state index in [1.165, 1.54) is 19.2 Å². The van der Waals surface area contributed by atoms with Gasteiger partial charge in [0.2, 0.25) is 0 Å². The van der Waals surface area contributed by atoms with E-state index in [-0.39, 0.29) is 11.3 Å². The van der Waals surface area contributed by atoms with Gasteiger partial charge in [0, 0.05) is 18.8 Å². The van der Waals surface area contributed by atoms with E-state index >= 15 is 0 Å². The van der Waals surface area contributed by atoms with E-state index in [9.17, 15) is 9.59 Å². The maximum atomic E-state index is 11.9. The fourth-order valence-electron chi connectivity index (χ4n) is 1.62. The number of amides is 1. The third kappa shape index (κ3) is 3.09. The molecular weight excluding hydrogens is 256 g/mol. The molecule has 0 saturated carbocycles. The van der Waals surface area contributed by atoms with Crippen molar-refractivity contribution in [2.24, 2.45) is 7.05 Å². The molecule has 0 spiro atoms. The Hall–Kier alpha value is -2.94. The summed E-state index contributed by atoms with van der Waals surface area (Å²) >= 11 is 0. The zero-order valence-electron chi connectivity index (χ0n) is 10.8. The molecule has 6 nitrogen and oxygen atoms in total. The molecule has 100 valence electrons. The average Bonchev–Trinajstić information content (AvgIpc) is 2.44. The van der Waals surface area contributed by atoms with Crippen molar-refractivity contribution >= 4 is 11.6 Å². The predicted molar refractivity (Wildman–Crippen MR) is 73.2 cm³/mol. The predicted octanol–water partition coefficient (Wildman–Crippen LogP) is 1.10. The highest BCUT2D eigenvalue weighted by Gasteiger charge is 2.08. The van der Waals surface area contributed by atoms with Crippen molar-refractivity contribution in [3.05, 3.63) is 58.0 Å². The van der Waals surface area contributed by atoms with Gasteiger partial charge < -0.3 is 5.32 Å². The first-order valence-corrected chi connectivity index (χ1v) is 5.92. The standard InChI is InChI=1S/C14H12N4O2/c1-18-13(19)7-6-12(17-18)14(20)16-11-4-2-10(3-5-11)8-9-15/h2-7H,8H2,1H3,(H,16,20). The molecule has 0 aliphatic heterocycles. The van der Waals surface area contributed by atoms with Gasteiger partial charge in [-0.05, 0) is 23.8 Å². The van der Waals surface area contributed by atoms with Gasteiger partial charge in [-0.2, -0.15) is 10.4 Å². The smallest absolute Gasteiger partial charge is 0.276 e. The molecule has 0 saturated heterocycles. The lowest BCUT2D eigenvalue weighted by atomic mass is 10.1. The lowest BCUT2D eigenvalue weighted by molar-refractivity contribution is 0.102. The maximum Gasteiger partial charge on any atom is 0.276 e. The third-order valence-corrected chi connectivity index (χ3v) is 2.69. The van der Waals surface area contributed by atoms with Crippen molar-refractivity contribution in [1.29, 1.82) is 5.26 Å². The van der Waals surface area contributed by atoms with Gasteiger partial charge in [0.15, 0.2) is 0 Å². The summed E-state index contributed by atoms with van der Waals surface area (Å²) in [4.78, 5) is 23.1. The normalized spacial score (nSPS) is 9.80. The van der Waals surface area contributed by atoms with E-state index in [1.807, 2.05) is 0 Å². The van der Waals surface area contributed by atoms with Gasteiger partial charge in [-0.3, -0.25) is 9.59 Å². The molecule has 0 aliphatic rings. The zero-order valence-corrected chi connectivity index (χ0v) is 10.8. The lowest BCUT2D eigenvalue weighted by Crippen LogP contribution is -2.23. The second kappa shape index (κ2) is 5.80. The van der Waals surface area contributed by atoms with Crippen molar-refractivity contribution in [3.63, 3.8) is 0 Å². The first-order valence-electron chi connectivity index (χ1n) is 5.92. The number of nitriles is 1. The Kier molecular flexibility index (Phi) is 3.91. The first kappa shape index (κ1) is 13.5. The van der Waals surface area contributed by atoms with Crippen LogP contribution < -0.4 is 10.9 Å². The average molecular weight is 268 g/mol. The van der Waals surface area contributed by atoms with Crippen LogP contribution in [0, 0.1) is 11.3 Å². The van der Waals surface area contributed by atoms with Crippen LogP contribution in [0.2, 0.25) is 0 Å². The molecule has 2 rings (SSSR count). The number of benzene rings is 1. The number of aromatic nitrogens is 2. The molecule has 1 amide bonds. The van der Waals surface area contributed by atoms with Crippen LogP contribution in [0.15, 0.2) is 41.2 Å². The van der Waals surface area contributed by atoms with E-state index in [0.717, 1.165) is 10.2 Å². The Morgan fingerprint density at radius 3 is 2.60 bits per heavy atom. The number of aryl methyl sites for hydroxylation is 1. The Labute approximate surface area is 115 Å². The molecule has 1 aromatic carbocycles. The molecule has 0 radical (unpaired) electrons. The van der Waals surface area contributed by atoms with Crippen LogP contribution in [0.3, 0.4) is 0 Å². The van der Waals surface area contributed by atoms with Crippen molar-refractivity contribution in [3.8, 4) is 6.07 Å². The SMILES string of the molecule is Cn1nc(C(=O)Nc2ccc(CC#N)cc2)ccc1=O. The van der Waals surface area contributed by atoms with Gasteiger partial charge in [-0.1, -0.05) is 12.1 Å². The number of nitrogens with one attached hydrogen (secondary N) is 1. The van der Waals surface area contributed by atoms with Crippen LogP contribution in [0.1, 0.15) is 16.1 Å². The van der Waals surface area contributed by atoms with Gasteiger partial charge in [-0.25, -0.2) is 4.68 Å². The fourth-order valence-corrected chi connectivity index (χ4v) is 1.62. The van der Waals surface area contributed by atoms with E-state index in [2.05, 4.69) is 16.5 Å².